The first-order valence-corrected chi connectivity index (χ1v) is 5.61. The van der Waals surface area contributed by atoms with Crippen LogP contribution in [0.1, 0.15) is 5.56 Å². The van der Waals surface area contributed by atoms with E-state index < -0.39 is 0 Å². The molecule has 0 amide bonds. The maximum Gasteiger partial charge on any atom is 0.127 e. The lowest BCUT2D eigenvalue weighted by molar-refractivity contribution is 0.414. The molecule has 0 bridgehead atoms. The molecule has 2 heteroatoms. The molecule has 0 spiro atoms. The van der Waals surface area contributed by atoms with Gasteiger partial charge in [0.2, 0.25) is 0 Å². The Labute approximate surface area is 100 Å². The van der Waals surface area contributed by atoms with Gasteiger partial charge in [-0.1, -0.05) is 36.9 Å². The van der Waals surface area contributed by atoms with Crippen LogP contribution in [0.3, 0.4) is 0 Å². The van der Waals surface area contributed by atoms with Gasteiger partial charge in [-0.15, -0.1) is 11.6 Å². The number of allylic oxidation sites excluding steroid dienone is 1. The van der Waals surface area contributed by atoms with E-state index >= 15 is 0 Å². The fourth-order valence-electron chi connectivity index (χ4n) is 1.85. The summed E-state index contributed by atoms with van der Waals surface area (Å²) in [5, 5.41) is 2.30. The van der Waals surface area contributed by atoms with Gasteiger partial charge in [0.05, 0.1) is 7.11 Å². The van der Waals surface area contributed by atoms with E-state index in [0.717, 1.165) is 22.3 Å². The first-order valence-electron chi connectivity index (χ1n) is 5.07. The van der Waals surface area contributed by atoms with E-state index in [0.29, 0.717) is 5.88 Å². The van der Waals surface area contributed by atoms with E-state index in [1.54, 1.807) is 7.11 Å². The Morgan fingerprint density at radius 3 is 2.69 bits per heavy atom. The first kappa shape index (κ1) is 11.0. The molecule has 0 aromatic heterocycles. The van der Waals surface area contributed by atoms with Gasteiger partial charge in [-0.3, -0.25) is 0 Å². The van der Waals surface area contributed by atoms with Gasteiger partial charge in [-0.05, 0) is 22.4 Å². The normalized spacial score (nSPS) is 10.4. The van der Waals surface area contributed by atoms with Crippen molar-refractivity contribution in [3.63, 3.8) is 0 Å². The van der Waals surface area contributed by atoms with Crippen LogP contribution in [0.4, 0.5) is 0 Å². The van der Waals surface area contributed by atoms with E-state index in [1.165, 1.54) is 5.39 Å². The number of hydrogen-bond acceptors (Lipinski definition) is 1. The average molecular weight is 233 g/mol. The minimum Gasteiger partial charge on any atom is -0.496 e. The van der Waals surface area contributed by atoms with Crippen LogP contribution in [-0.2, 0) is 0 Å². The Morgan fingerprint density at radius 2 is 2.00 bits per heavy atom. The number of methoxy groups -OCH3 is 1. The van der Waals surface area contributed by atoms with Crippen molar-refractivity contribution >= 4 is 27.9 Å². The minimum absolute atomic E-state index is 0.407. The van der Waals surface area contributed by atoms with Crippen LogP contribution in [-0.4, -0.2) is 13.0 Å². The third-order valence-corrected chi connectivity index (χ3v) is 2.95. The lowest BCUT2D eigenvalue weighted by Gasteiger charge is -2.12. The van der Waals surface area contributed by atoms with Crippen LogP contribution in [0.2, 0.25) is 0 Å². The molecule has 2 aromatic rings. The topological polar surface area (TPSA) is 9.23 Å². The predicted molar refractivity (Wildman–Crippen MR) is 70.3 cm³/mol. The molecule has 0 atom stereocenters. The van der Waals surface area contributed by atoms with Crippen molar-refractivity contribution in [2.45, 2.75) is 0 Å². The van der Waals surface area contributed by atoms with E-state index in [4.69, 9.17) is 16.3 Å². The zero-order valence-electron chi connectivity index (χ0n) is 9.16. The molecule has 0 radical (unpaired) electrons. The van der Waals surface area contributed by atoms with Gasteiger partial charge in [0, 0.05) is 11.4 Å². The van der Waals surface area contributed by atoms with Crippen molar-refractivity contribution in [3.8, 4) is 5.75 Å². The Balaban J connectivity index is 2.78. The minimum atomic E-state index is 0.407. The highest BCUT2D eigenvalue weighted by atomic mass is 35.5. The maximum absolute atomic E-state index is 5.86. The maximum atomic E-state index is 5.86. The molecule has 0 aliphatic rings. The molecule has 2 rings (SSSR count). The lowest BCUT2D eigenvalue weighted by atomic mass is 9.99. The first-order chi connectivity index (χ1) is 7.77. The quantitative estimate of drug-likeness (QED) is 0.724. The fraction of sp³-hybridized carbons (Fsp3) is 0.143. The molecule has 2 aromatic carbocycles. The molecular formula is C14H13ClO. The van der Waals surface area contributed by atoms with Crippen molar-refractivity contribution < 1.29 is 4.74 Å². The zero-order valence-corrected chi connectivity index (χ0v) is 9.92. The molecule has 0 heterocycles. The third kappa shape index (κ3) is 1.79. The highest BCUT2D eigenvalue weighted by Gasteiger charge is 2.10. The molecule has 0 N–H and O–H groups in total. The van der Waals surface area contributed by atoms with Gasteiger partial charge in [-0.25, -0.2) is 0 Å². The van der Waals surface area contributed by atoms with Crippen LogP contribution in [0.15, 0.2) is 43.0 Å². The number of halogens is 1. The summed E-state index contributed by atoms with van der Waals surface area (Å²) >= 11 is 5.86. The summed E-state index contributed by atoms with van der Waals surface area (Å²) in [6, 6.07) is 12.1. The number of hydrogen-bond donors (Lipinski definition) is 0. The summed E-state index contributed by atoms with van der Waals surface area (Å²) in [5.41, 5.74) is 1.89. The predicted octanol–water partition coefficient (Wildman–Crippen LogP) is 4.10. The van der Waals surface area contributed by atoms with Crippen molar-refractivity contribution in [2.24, 2.45) is 0 Å². The highest BCUT2D eigenvalue weighted by Crippen LogP contribution is 2.33. The van der Waals surface area contributed by atoms with Crippen LogP contribution in [0.25, 0.3) is 16.3 Å². The van der Waals surface area contributed by atoms with E-state index in [-0.39, 0.29) is 0 Å². The highest BCUT2D eigenvalue weighted by molar-refractivity contribution is 6.24. The Hall–Kier alpha value is -1.47. The molecule has 0 saturated heterocycles. The Bertz CT molecular complexity index is 531. The van der Waals surface area contributed by atoms with Crippen LogP contribution >= 0.6 is 11.6 Å². The SMILES string of the molecule is C=C(CCl)c1c(OC)ccc2ccccc12. The van der Waals surface area contributed by atoms with Gasteiger partial charge >= 0.3 is 0 Å². The molecule has 0 unspecified atom stereocenters. The third-order valence-electron chi connectivity index (χ3n) is 2.63. The summed E-state index contributed by atoms with van der Waals surface area (Å²) < 4.78 is 5.36. The number of alkyl halides is 1. The number of fused-ring (bicyclic) bond motifs is 1. The van der Waals surface area contributed by atoms with Crippen LogP contribution in [0, 0.1) is 0 Å². The molecule has 1 nitrogen and oxygen atoms in total. The van der Waals surface area contributed by atoms with Gasteiger partial charge in [0.1, 0.15) is 5.75 Å². The van der Waals surface area contributed by atoms with Crippen LogP contribution in [0.5, 0.6) is 5.75 Å². The van der Waals surface area contributed by atoms with Crippen molar-refractivity contribution in [1.82, 2.24) is 0 Å². The van der Waals surface area contributed by atoms with Crippen LogP contribution < -0.4 is 4.74 Å². The number of rotatable bonds is 3. The monoisotopic (exact) mass is 232 g/mol. The van der Waals surface area contributed by atoms with Gasteiger partial charge < -0.3 is 4.74 Å². The van der Waals surface area contributed by atoms with Crippen molar-refractivity contribution in [2.75, 3.05) is 13.0 Å². The molecule has 0 saturated carbocycles. The molecule has 0 aliphatic heterocycles. The second-order valence-electron chi connectivity index (χ2n) is 3.60. The molecular weight excluding hydrogens is 220 g/mol. The lowest BCUT2D eigenvalue weighted by Crippen LogP contribution is -1.93. The molecule has 0 aliphatic carbocycles. The Morgan fingerprint density at radius 1 is 1.25 bits per heavy atom. The second-order valence-corrected chi connectivity index (χ2v) is 3.87. The zero-order chi connectivity index (χ0) is 11.5. The number of benzene rings is 2. The van der Waals surface area contributed by atoms with Crippen molar-refractivity contribution in [3.05, 3.63) is 48.5 Å². The van der Waals surface area contributed by atoms with E-state index in [2.05, 4.69) is 18.7 Å². The summed E-state index contributed by atoms with van der Waals surface area (Å²) in [5.74, 6) is 1.23. The average Bonchev–Trinajstić information content (AvgIpc) is 2.36. The number of ether oxygens (including phenoxy) is 1. The summed E-state index contributed by atoms with van der Waals surface area (Å²) in [6.07, 6.45) is 0. The summed E-state index contributed by atoms with van der Waals surface area (Å²) in [6.45, 7) is 3.99. The fourth-order valence-corrected chi connectivity index (χ4v) is 1.99. The van der Waals surface area contributed by atoms with Crippen molar-refractivity contribution in [1.29, 1.82) is 0 Å². The molecule has 82 valence electrons. The molecule has 16 heavy (non-hydrogen) atoms. The largest absolute Gasteiger partial charge is 0.496 e. The van der Waals surface area contributed by atoms with Gasteiger partial charge in [0.15, 0.2) is 0 Å². The molecule has 0 fully saturated rings. The van der Waals surface area contributed by atoms with Gasteiger partial charge in [-0.2, -0.15) is 0 Å². The van der Waals surface area contributed by atoms with E-state index in [1.807, 2.05) is 24.3 Å². The second kappa shape index (κ2) is 4.58. The standard InChI is InChI=1S/C14H13ClO/c1-10(9-15)14-12-6-4-3-5-11(12)7-8-13(14)16-2/h3-8H,1,9H2,2H3. The summed E-state index contributed by atoms with van der Waals surface area (Å²) in [7, 11) is 1.66. The summed E-state index contributed by atoms with van der Waals surface area (Å²) in [4.78, 5) is 0. The smallest absolute Gasteiger partial charge is 0.127 e. The van der Waals surface area contributed by atoms with E-state index in [9.17, 15) is 0 Å². The van der Waals surface area contributed by atoms with Gasteiger partial charge in [0.25, 0.3) is 0 Å². The Kier molecular flexibility index (Phi) is 3.16.